The topological polar surface area (TPSA) is 69.2 Å². The van der Waals surface area contributed by atoms with Crippen LogP contribution in [0.25, 0.3) is 11.5 Å². The van der Waals surface area contributed by atoms with E-state index in [9.17, 15) is 4.79 Å². The highest BCUT2D eigenvalue weighted by atomic mass is 35.5. The molecule has 0 atom stereocenters. The van der Waals surface area contributed by atoms with E-state index >= 15 is 0 Å². The van der Waals surface area contributed by atoms with E-state index in [-0.39, 0.29) is 5.91 Å². The molecule has 0 aliphatic carbocycles. The summed E-state index contributed by atoms with van der Waals surface area (Å²) in [6.07, 6.45) is 8.94. The van der Waals surface area contributed by atoms with Crippen molar-refractivity contribution in [2.24, 2.45) is 7.05 Å². The van der Waals surface area contributed by atoms with Gasteiger partial charge in [0, 0.05) is 31.8 Å². The highest BCUT2D eigenvalue weighted by Gasteiger charge is 2.17. The smallest absolute Gasteiger partial charge is 0.257 e. The number of nitrogens with one attached hydrogen (secondary N) is 1. The van der Waals surface area contributed by atoms with E-state index in [2.05, 4.69) is 15.4 Å². The minimum Gasteiger partial charge on any atom is -0.346 e. The van der Waals surface area contributed by atoms with E-state index < -0.39 is 0 Å². The van der Waals surface area contributed by atoms with Crippen molar-refractivity contribution in [1.82, 2.24) is 29.0 Å². The zero-order chi connectivity index (χ0) is 17.4. The van der Waals surface area contributed by atoms with Crippen molar-refractivity contribution in [3.8, 4) is 5.82 Å². The molecule has 0 saturated heterocycles. The van der Waals surface area contributed by atoms with Crippen LogP contribution < -0.4 is 5.32 Å². The molecule has 0 bridgehead atoms. The van der Waals surface area contributed by atoms with Crippen LogP contribution >= 0.6 is 11.6 Å². The predicted molar refractivity (Wildman–Crippen MR) is 93.9 cm³/mol. The first-order valence-electron chi connectivity index (χ1n) is 7.68. The molecule has 8 heteroatoms. The van der Waals surface area contributed by atoms with E-state index in [1.165, 1.54) is 0 Å². The van der Waals surface area contributed by atoms with Gasteiger partial charge in [-0.05, 0) is 24.3 Å². The SMILES string of the molecule is Cn1ncc(C(=O)NCc2cn3cc(Cl)ccc3n2)c1-n1cccc1. The molecule has 4 aromatic rings. The minimum absolute atomic E-state index is 0.202. The van der Waals surface area contributed by atoms with Gasteiger partial charge in [0.15, 0.2) is 0 Å². The molecule has 0 radical (unpaired) electrons. The lowest BCUT2D eigenvalue weighted by Gasteiger charge is -2.07. The fourth-order valence-corrected chi connectivity index (χ4v) is 2.91. The summed E-state index contributed by atoms with van der Waals surface area (Å²) in [7, 11) is 1.80. The minimum atomic E-state index is -0.202. The second kappa shape index (κ2) is 6.10. The number of fused-ring (bicyclic) bond motifs is 1. The lowest BCUT2D eigenvalue weighted by molar-refractivity contribution is 0.0950. The van der Waals surface area contributed by atoms with Crippen LogP contribution in [0.3, 0.4) is 0 Å². The zero-order valence-corrected chi connectivity index (χ0v) is 14.2. The molecule has 1 N–H and O–H groups in total. The second-order valence-electron chi connectivity index (χ2n) is 5.62. The number of pyridine rings is 1. The summed E-state index contributed by atoms with van der Waals surface area (Å²) in [6, 6.07) is 7.41. The first-order valence-corrected chi connectivity index (χ1v) is 8.06. The van der Waals surface area contributed by atoms with Crippen LogP contribution in [0.4, 0.5) is 0 Å². The molecule has 0 saturated carbocycles. The van der Waals surface area contributed by atoms with Crippen LogP contribution in [-0.4, -0.2) is 29.6 Å². The number of imidazole rings is 1. The van der Waals surface area contributed by atoms with Crippen LogP contribution in [0.2, 0.25) is 5.02 Å². The Balaban J connectivity index is 1.54. The molecular formula is C17H15ClN6O. The maximum Gasteiger partial charge on any atom is 0.257 e. The zero-order valence-electron chi connectivity index (χ0n) is 13.4. The second-order valence-corrected chi connectivity index (χ2v) is 6.06. The first-order chi connectivity index (χ1) is 12.1. The molecule has 126 valence electrons. The normalized spacial score (nSPS) is 11.1. The number of carbonyl (C=O) groups is 1. The Hall–Kier alpha value is -3.06. The van der Waals surface area contributed by atoms with Crippen LogP contribution in [0.5, 0.6) is 0 Å². The lowest BCUT2D eigenvalue weighted by Crippen LogP contribution is -2.24. The van der Waals surface area contributed by atoms with Crippen LogP contribution in [0.1, 0.15) is 16.1 Å². The van der Waals surface area contributed by atoms with Crippen molar-refractivity contribution in [2.75, 3.05) is 0 Å². The van der Waals surface area contributed by atoms with Gasteiger partial charge in [-0.15, -0.1) is 0 Å². The number of carbonyl (C=O) groups excluding carboxylic acids is 1. The van der Waals surface area contributed by atoms with Crippen LogP contribution in [-0.2, 0) is 13.6 Å². The van der Waals surface area contributed by atoms with Crippen molar-refractivity contribution < 1.29 is 4.79 Å². The van der Waals surface area contributed by atoms with Gasteiger partial charge >= 0.3 is 0 Å². The third kappa shape index (κ3) is 2.89. The molecule has 0 aliphatic rings. The van der Waals surface area contributed by atoms with E-state index in [1.54, 1.807) is 30.2 Å². The molecule has 7 nitrogen and oxygen atoms in total. The summed E-state index contributed by atoms with van der Waals surface area (Å²) in [5.74, 6) is 0.510. The maximum atomic E-state index is 12.6. The molecular weight excluding hydrogens is 340 g/mol. The number of hydrogen-bond acceptors (Lipinski definition) is 3. The Morgan fingerprint density at radius 1 is 1.24 bits per heavy atom. The highest BCUT2D eigenvalue weighted by molar-refractivity contribution is 6.30. The Kier molecular flexibility index (Phi) is 3.77. The largest absolute Gasteiger partial charge is 0.346 e. The number of halogens is 1. The van der Waals surface area contributed by atoms with Gasteiger partial charge in [0.25, 0.3) is 5.91 Å². The first kappa shape index (κ1) is 15.5. The molecule has 0 aliphatic heterocycles. The molecule has 0 spiro atoms. The van der Waals surface area contributed by atoms with Gasteiger partial charge in [0.1, 0.15) is 17.0 Å². The van der Waals surface area contributed by atoms with Crippen molar-refractivity contribution in [1.29, 1.82) is 0 Å². The molecule has 4 aromatic heterocycles. The summed E-state index contributed by atoms with van der Waals surface area (Å²) in [4.78, 5) is 17.0. The van der Waals surface area contributed by atoms with Crippen molar-refractivity contribution in [3.05, 3.63) is 71.5 Å². The monoisotopic (exact) mass is 354 g/mol. The number of rotatable bonds is 4. The van der Waals surface area contributed by atoms with Crippen LogP contribution in [0.15, 0.2) is 55.2 Å². The van der Waals surface area contributed by atoms with Gasteiger partial charge < -0.3 is 14.3 Å². The Labute approximate surface area is 148 Å². The van der Waals surface area contributed by atoms with Gasteiger partial charge in [0.05, 0.1) is 23.5 Å². The summed E-state index contributed by atoms with van der Waals surface area (Å²) in [5.41, 5.74) is 2.04. The Bertz CT molecular complexity index is 1050. The van der Waals surface area contributed by atoms with Gasteiger partial charge in [0.2, 0.25) is 0 Å². The average Bonchev–Trinajstić information content (AvgIpc) is 3.30. The standard InChI is InChI=1S/C17H15ClN6O/c1-22-17(23-6-2-3-7-23)14(9-20-22)16(25)19-8-13-11-24-10-12(18)4-5-15(24)21-13/h2-7,9-11H,8H2,1H3,(H,19,25). The third-order valence-electron chi connectivity index (χ3n) is 3.90. The molecule has 4 heterocycles. The third-order valence-corrected chi connectivity index (χ3v) is 4.12. The van der Waals surface area contributed by atoms with Gasteiger partial charge in [-0.25, -0.2) is 4.98 Å². The summed E-state index contributed by atoms with van der Waals surface area (Å²) < 4.78 is 5.36. The molecule has 0 aromatic carbocycles. The van der Waals surface area contributed by atoms with Gasteiger partial charge in [-0.3, -0.25) is 9.48 Å². The summed E-state index contributed by atoms with van der Waals surface area (Å²) in [6.45, 7) is 0.318. The van der Waals surface area contributed by atoms with E-state index in [4.69, 9.17) is 11.6 Å². The van der Waals surface area contributed by atoms with Crippen molar-refractivity contribution >= 4 is 23.2 Å². The number of aromatic nitrogens is 5. The number of aryl methyl sites for hydroxylation is 1. The van der Waals surface area contributed by atoms with E-state index in [0.29, 0.717) is 22.9 Å². The quantitative estimate of drug-likeness (QED) is 0.612. The number of amides is 1. The van der Waals surface area contributed by atoms with Crippen molar-refractivity contribution in [3.63, 3.8) is 0 Å². The molecule has 4 rings (SSSR count). The van der Waals surface area contributed by atoms with Gasteiger partial charge in [-0.2, -0.15) is 5.10 Å². The predicted octanol–water partition coefficient (Wildman–Crippen LogP) is 2.44. The summed E-state index contributed by atoms with van der Waals surface area (Å²) in [5, 5.41) is 7.72. The van der Waals surface area contributed by atoms with Crippen LogP contribution in [0, 0.1) is 0 Å². The van der Waals surface area contributed by atoms with E-state index in [1.807, 2.05) is 45.8 Å². The highest BCUT2D eigenvalue weighted by Crippen LogP contribution is 2.15. The lowest BCUT2D eigenvalue weighted by atomic mass is 10.3. The fraction of sp³-hybridized carbons (Fsp3) is 0.118. The average molecular weight is 355 g/mol. The molecule has 25 heavy (non-hydrogen) atoms. The molecule has 1 amide bonds. The summed E-state index contributed by atoms with van der Waals surface area (Å²) >= 11 is 5.97. The maximum absolute atomic E-state index is 12.6. The van der Waals surface area contributed by atoms with Crippen molar-refractivity contribution in [2.45, 2.75) is 6.54 Å². The number of nitrogens with zero attached hydrogens (tertiary/aromatic N) is 5. The molecule has 0 unspecified atom stereocenters. The number of hydrogen-bond donors (Lipinski definition) is 1. The Morgan fingerprint density at radius 2 is 2.04 bits per heavy atom. The molecule has 0 fully saturated rings. The van der Waals surface area contributed by atoms with E-state index in [0.717, 1.165) is 11.3 Å². The fourth-order valence-electron chi connectivity index (χ4n) is 2.74. The Morgan fingerprint density at radius 3 is 2.84 bits per heavy atom. The van der Waals surface area contributed by atoms with Gasteiger partial charge in [-0.1, -0.05) is 11.6 Å².